The van der Waals surface area contributed by atoms with Crippen LogP contribution in [-0.4, -0.2) is 37.0 Å². The molecule has 3 atom stereocenters. The van der Waals surface area contributed by atoms with E-state index in [0.29, 0.717) is 12.1 Å². The molecule has 1 saturated heterocycles. The summed E-state index contributed by atoms with van der Waals surface area (Å²) in [5, 5.41) is 9.68. The average molecular weight is 440 g/mol. The van der Waals surface area contributed by atoms with Gasteiger partial charge in [0.15, 0.2) is 0 Å². The Hall–Kier alpha value is -2.51. The van der Waals surface area contributed by atoms with Gasteiger partial charge in [0, 0.05) is 23.0 Å². The van der Waals surface area contributed by atoms with Crippen molar-refractivity contribution in [2.24, 2.45) is 5.92 Å². The number of nitrogens with one attached hydrogen (secondary N) is 3. The highest BCUT2D eigenvalue weighted by molar-refractivity contribution is 7.98. The van der Waals surface area contributed by atoms with Gasteiger partial charge in [-0.3, -0.25) is 14.9 Å². The number of carbonyl (C=O) groups excluding carboxylic acids is 2. The van der Waals surface area contributed by atoms with Crippen LogP contribution in [0.3, 0.4) is 0 Å². The van der Waals surface area contributed by atoms with Gasteiger partial charge in [-0.25, -0.2) is 0 Å². The summed E-state index contributed by atoms with van der Waals surface area (Å²) >= 11 is 1.77. The number of benzene rings is 2. The number of hydrogen-bond donors (Lipinski definition) is 3. The first-order chi connectivity index (χ1) is 14.9. The summed E-state index contributed by atoms with van der Waals surface area (Å²) in [6.45, 7) is 4.02. The average Bonchev–Trinajstić information content (AvgIpc) is 3.27. The number of thioether (sulfide) groups is 1. The van der Waals surface area contributed by atoms with Crippen LogP contribution >= 0.6 is 11.8 Å². The van der Waals surface area contributed by atoms with E-state index in [2.05, 4.69) is 28.3 Å². The molecule has 7 heteroatoms. The Morgan fingerprint density at radius 2 is 2.00 bits per heavy atom. The molecular weight excluding hydrogens is 410 g/mol. The predicted octanol–water partition coefficient (Wildman–Crippen LogP) is 3.83. The molecule has 6 nitrogen and oxygen atoms in total. The highest BCUT2D eigenvalue weighted by Crippen LogP contribution is 2.49. The number of carbonyl (C=O) groups is 2. The molecule has 0 radical (unpaired) electrons. The molecule has 2 aromatic carbocycles. The van der Waals surface area contributed by atoms with Gasteiger partial charge in [-0.1, -0.05) is 17.7 Å². The Morgan fingerprint density at radius 1 is 1.26 bits per heavy atom. The number of fused-ring (bicyclic) bond motifs is 2. The van der Waals surface area contributed by atoms with Crippen LogP contribution in [0.15, 0.2) is 36.4 Å². The lowest BCUT2D eigenvalue weighted by Crippen LogP contribution is -2.52. The quantitative estimate of drug-likeness (QED) is 0.638. The molecule has 2 amide bonds. The van der Waals surface area contributed by atoms with Crippen LogP contribution in [0, 0.1) is 19.8 Å². The van der Waals surface area contributed by atoms with Crippen LogP contribution in [0.5, 0.6) is 5.75 Å². The van der Waals surface area contributed by atoms with Crippen LogP contribution < -0.4 is 20.7 Å². The Bertz CT molecular complexity index is 1010. The van der Waals surface area contributed by atoms with E-state index in [1.54, 1.807) is 18.9 Å². The number of methoxy groups -OCH3 is 1. The van der Waals surface area contributed by atoms with Gasteiger partial charge in [0.25, 0.3) is 0 Å². The van der Waals surface area contributed by atoms with Crippen molar-refractivity contribution < 1.29 is 14.3 Å². The number of hydrogen-bond acceptors (Lipinski definition) is 5. The standard InChI is InChI=1S/C24H29N3O3S/c1-14-11-15(2)21-19(12-14)24(23(29)26-21)20(13-17(27-24)9-10-31-4)22(28)25-16-5-7-18(30-3)8-6-16/h5-8,11-12,17,20,27H,9-10,13H2,1-4H3,(H,25,28)(H,26,29)/t17-,20-,24-/m0/s1. The van der Waals surface area contributed by atoms with Crippen LogP contribution in [-0.2, 0) is 15.1 Å². The van der Waals surface area contributed by atoms with Gasteiger partial charge < -0.3 is 15.4 Å². The molecule has 0 saturated carbocycles. The molecule has 2 aliphatic rings. The Kier molecular flexibility index (Phi) is 5.99. The van der Waals surface area contributed by atoms with E-state index in [0.717, 1.165) is 40.3 Å². The van der Waals surface area contributed by atoms with Crippen molar-refractivity contribution in [2.45, 2.75) is 38.3 Å². The summed E-state index contributed by atoms with van der Waals surface area (Å²) in [4.78, 5) is 26.9. The largest absolute Gasteiger partial charge is 0.497 e. The van der Waals surface area contributed by atoms with E-state index >= 15 is 0 Å². The fraction of sp³-hybridized carbons (Fsp3) is 0.417. The minimum atomic E-state index is -1.05. The fourth-order valence-corrected chi connectivity index (χ4v) is 5.39. The first-order valence-corrected chi connectivity index (χ1v) is 11.9. The second kappa shape index (κ2) is 8.55. The maximum atomic E-state index is 13.5. The number of ether oxygens (including phenoxy) is 1. The SMILES string of the molecule is COc1ccc(NC(=O)[C@@H]2C[C@H](CCSC)N[C@]23C(=O)Nc2c(C)cc(C)cc23)cc1. The first kappa shape index (κ1) is 21.7. The Morgan fingerprint density at radius 3 is 2.68 bits per heavy atom. The van der Waals surface area contributed by atoms with Crippen LogP contribution in [0.25, 0.3) is 0 Å². The molecule has 31 heavy (non-hydrogen) atoms. The van der Waals surface area contributed by atoms with Crippen molar-refractivity contribution in [3.63, 3.8) is 0 Å². The molecule has 0 aliphatic carbocycles. The lowest BCUT2D eigenvalue weighted by molar-refractivity contribution is -0.130. The van der Waals surface area contributed by atoms with Gasteiger partial charge in [0.2, 0.25) is 11.8 Å². The van der Waals surface area contributed by atoms with Gasteiger partial charge >= 0.3 is 0 Å². The zero-order valence-corrected chi connectivity index (χ0v) is 19.2. The smallest absolute Gasteiger partial charge is 0.250 e. The normalized spacial score (nSPS) is 24.2. The molecular formula is C24H29N3O3S. The van der Waals surface area contributed by atoms with Crippen molar-refractivity contribution in [3.05, 3.63) is 53.1 Å². The van der Waals surface area contributed by atoms with E-state index in [4.69, 9.17) is 4.74 Å². The van der Waals surface area contributed by atoms with Gasteiger partial charge in [0.05, 0.1) is 13.0 Å². The number of aryl methyl sites for hydroxylation is 2. The maximum Gasteiger partial charge on any atom is 0.250 e. The predicted molar refractivity (Wildman–Crippen MR) is 126 cm³/mol. The molecule has 1 spiro atoms. The van der Waals surface area contributed by atoms with E-state index in [1.165, 1.54) is 0 Å². The van der Waals surface area contributed by atoms with E-state index < -0.39 is 11.5 Å². The third kappa shape index (κ3) is 3.81. The van der Waals surface area contributed by atoms with Crippen molar-refractivity contribution in [3.8, 4) is 5.75 Å². The lowest BCUT2D eigenvalue weighted by atomic mass is 9.78. The molecule has 2 aliphatic heterocycles. The monoisotopic (exact) mass is 439 g/mol. The summed E-state index contributed by atoms with van der Waals surface area (Å²) in [6.07, 6.45) is 3.59. The lowest BCUT2D eigenvalue weighted by Gasteiger charge is -2.29. The van der Waals surface area contributed by atoms with Crippen molar-refractivity contribution in [1.82, 2.24) is 5.32 Å². The second-order valence-corrected chi connectivity index (χ2v) is 9.38. The zero-order valence-electron chi connectivity index (χ0n) is 18.4. The molecule has 4 rings (SSSR count). The number of anilines is 2. The first-order valence-electron chi connectivity index (χ1n) is 10.5. The second-order valence-electron chi connectivity index (χ2n) is 8.40. The highest BCUT2D eigenvalue weighted by Gasteiger charge is 2.60. The third-order valence-electron chi connectivity index (χ3n) is 6.32. The molecule has 0 aromatic heterocycles. The minimum absolute atomic E-state index is 0.0941. The summed E-state index contributed by atoms with van der Waals surface area (Å²) < 4.78 is 5.20. The molecule has 1 fully saturated rings. The molecule has 164 valence electrons. The fourth-order valence-electron chi connectivity index (χ4n) is 4.87. The number of rotatable bonds is 6. The number of amides is 2. The molecule has 0 unspecified atom stereocenters. The van der Waals surface area contributed by atoms with Gasteiger partial charge in [-0.05, 0) is 68.5 Å². The van der Waals surface area contributed by atoms with Gasteiger partial charge in [-0.15, -0.1) is 0 Å². The minimum Gasteiger partial charge on any atom is -0.497 e. The summed E-state index contributed by atoms with van der Waals surface area (Å²) in [6, 6.07) is 11.4. The zero-order chi connectivity index (χ0) is 22.2. The van der Waals surface area contributed by atoms with E-state index in [-0.39, 0.29) is 17.9 Å². The topological polar surface area (TPSA) is 79.5 Å². The van der Waals surface area contributed by atoms with E-state index in [9.17, 15) is 9.59 Å². The van der Waals surface area contributed by atoms with Crippen molar-refractivity contribution >= 4 is 35.0 Å². The third-order valence-corrected chi connectivity index (χ3v) is 6.96. The van der Waals surface area contributed by atoms with Gasteiger partial charge in [-0.2, -0.15) is 11.8 Å². The molecule has 3 N–H and O–H groups in total. The molecule has 2 heterocycles. The summed E-state index contributed by atoms with van der Waals surface area (Å²) in [5.41, 5.74) is 3.45. The van der Waals surface area contributed by atoms with Crippen molar-refractivity contribution in [2.75, 3.05) is 29.8 Å². The Labute approximate surface area is 187 Å². The summed E-state index contributed by atoms with van der Waals surface area (Å²) in [5.74, 6) is 0.902. The Balaban J connectivity index is 1.71. The molecule has 2 aromatic rings. The van der Waals surface area contributed by atoms with Crippen molar-refractivity contribution in [1.29, 1.82) is 0 Å². The highest BCUT2D eigenvalue weighted by atomic mass is 32.2. The van der Waals surface area contributed by atoms with Crippen LogP contribution in [0.4, 0.5) is 11.4 Å². The van der Waals surface area contributed by atoms with Crippen LogP contribution in [0.2, 0.25) is 0 Å². The van der Waals surface area contributed by atoms with Crippen LogP contribution in [0.1, 0.15) is 29.5 Å². The maximum absolute atomic E-state index is 13.5. The van der Waals surface area contributed by atoms with Gasteiger partial charge in [0.1, 0.15) is 11.3 Å². The van der Waals surface area contributed by atoms with E-state index in [1.807, 2.05) is 44.2 Å². The molecule has 0 bridgehead atoms. The summed E-state index contributed by atoms with van der Waals surface area (Å²) in [7, 11) is 1.61.